The van der Waals surface area contributed by atoms with Crippen LogP contribution in [0.2, 0.25) is 5.02 Å². The third kappa shape index (κ3) is 4.17. The maximum absolute atomic E-state index is 14.5. The number of carbonyl (C=O) groups is 4. The predicted octanol–water partition coefficient (Wildman–Crippen LogP) is 6.36. The first-order valence-electron chi connectivity index (χ1n) is 14.0. The van der Waals surface area contributed by atoms with Gasteiger partial charge >= 0.3 is 0 Å². The molecule has 43 heavy (non-hydrogen) atoms. The Bertz CT molecular complexity index is 1650. The van der Waals surface area contributed by atoms with Crippen LogP contribution in [0.25, 0.3) is 0 Å². The van der Waals surface area contributed by atoms with Gasteiger partial charge in [-0.05, 0) is 93.8 Å². The van der Waals surface area contributed by atoms with Gasteiger partial charge in [-0.3, -0.25) is 24.1 Å². The van der Waals surface area contributed by atoms with E-state index >= 15 is 0 Å². The Morgan fingerprint density at radius 3 is 2.47 bits per heavy atom. The molecule has 2 saturated heterocycles. The molecule has 3 fully saturated rings. The number of nitrogens with zero attached hydrogens (tertiary/aromatic N) is 2. The van der Waals surface area contributed by atoms with Crippen molar-refractivity contribution < 1.29 is 33.4 Å². The van der Waals surface area contributed by atoms with Gasteiger partial charge in [-0.2, -0.15) is 0 Å². The number of phenolic OH excluding ortho intramolecular Hbond substituents is 1. The van der Waals surface area contributed by atoms with Crippen LogP contribution in [0, 0.1) is 34.9 Å². The van der Waals surface area contributed by atoms with Crippen LogP contribution in [0.4, 0.5) is 10.1 Å². The van der Waals surface area contributed by atoms with Gasteiger partial charge < -0.3 is 9.84 Å². The van der Waals surface area contributed by atoms with Gasteiger partial charge in [0.1, 0.15) is 5.82 Å². The summed E-state index contributed by atoms with van der Waals surface area (Å²) in [6, 6.07) is 5.33. The van der Waals surface area contributed by atoms with Crippen molar-refractivity contribution >= 4 is 72.8 Å². The van der Waals surface area contributed by atoms with Crippen molar-refractivity contribution in [2.45, 2.75) is 39.0 Å². The minimum absolute atomic E-state index is 0.145. The number of carbonyl (C=O) groups excluding carboxylic acids is 4. The molecule has 2 aliphatic heterocycles. The van der Waals surface area contributed by atoms with Crippen molar-refractivity contribution in [3.05, 3.63) is 61.3 Å². The van der Waals surface area contributed by atoms with E-state index in [4.69, 9.17) is 16.3 Å². The van der Waals surface area contributed by atoms with E-state index in [9.17, 15) is 28.7 Å². The average Bonchev–Trinajstić information content (AvgIpc) is 3.34. The summed E-state index contributed by atoms with van der Waals surface area (Å²) < 4.78 is 20.3. The fraction of sp³-hybridized carbons (Fsp3) is 0.419. The number of hydrogen-bond acceptors (Lipinski definition) is 6. The lowest BCUT2D eigenvalue weighted by molar-refractivity contribution is -0.140. The van der Waals surface area contributed by atoms with E-state index in [0.717, 1.165) is 16.5 Å². The van der Waals surface area contributed by atoms with E-state index in [-0.39, 0.29) is 40.4 Å². The number of methoxy groups -OCH3 is 1. The van der Waals surface area contributed by atoms with Gasteiger partial charge in [0.25, 0.3) is 0 Å². The van der Waals surface area contributed by atoms with E-state index < -0.39 is 52.6 Å². The molecule has 0 aromatic heterocycles. The first-order valence-corrected chi connectivity index (χ1v) is 16.0. The topological polar surface area (TPSA) is 104 Å². The number of rotatable bonds is 5. The van der Waals surface area contributed by atoms with Crippen LogP contribution in [-0.4, -0.2) is 47.3 Å². The Hall–Kier alpha value is -2.76. The zero-order chi connectivity index (χ0) is 31.1. The van der Waals surface area contributed by atoms with Crippen molar-refractivity contribution in [3.63, 3.8) is 0 Å². The Balaban J connectivity index is 1.57. The number of anilines is 1. The number of allylic oxidation sites excluding steroid dienone is 2. The third-order valence-electron chi connectivity index (χ3n) is 9.68. The highest BCUT2D eigenvalue weighted by Gasteiger charge is 2.67. The van der Waals surface area contributed by atoms with Crippen molar-refractivity contribution in [3.8, 4) is 11.5 Å². The summed E-state index contributed by atoms with van der Waals surface area (Å²) in [5, 5.41) is 10.5. The van der Waals surface area contributed by atoms with E-state index in [1.54, 1.807) is 13.0 Å². The lowest BCUT2D eigenvalue weighted by atomic mass is 9.51. The Morgan fingerprint density at radius 2 is 1.81 bits per heavy atom. The minimum Gasteiger partial charge on any atom is -0.503 e. The van der Waals surface area contributed by atoms with Crippen molar-refractivity contribution in [1.82, 2.24) is 4.90 Å². The van der Waals surface area contributed by atoms with Crippen LogP contribution in [-0.2, 0) is 19.2 Å². The zero-order valence-corrected chi connectivity index (χ0v) is 27.4. The number of likely N-dealkylation sites (tertiary alicyclic amines) is 1. The largest absolute Gasteiger partial charge is 0.503 e. The minimum atomic E-state index is -1.34. The molecule has 1 saturated carbocycles. The second kappa shape index (κ2) is 10.7. The summed E-state index contributed by atoms with van der Waals surface area (Å²) in [6.45, 7) is 3.96. The Morgan fingerprint density at radius 1 is 1.09 bits per heavy atom. The van der Waals surface area contributed by atoms with E-state index in [1.807, 2.05) is 13.0 Å². The Labute approximate surface area is 269 Å². The van der Waals surface area contributed by atoms with Gasteiger partial charge in [0.2, 0.25) is 23.6 Å². The van der Waals surface area contributed by atoms with Crippen LogP contribution >= 0.6 is 43.5 Å². The van der Waals surface area contributed by atoms with Gasteiger partial charge in [-0.25, -0.2) is 9.29 Å². The molecule has 2 aromatic rings. The SMILES string of the molecule is CCCN1C(=O)[C@H]2[C@H](CC=C3[C@H]2C[C@H]2C(=O)N(c4ccc(F)c(Cl)c4)C(=O)[C@@]2(C)[C@H]3c2cc(OC)c(O)c(Br)c2Br)C1=O. The highest BCUT2D eigenvalue weighted by atomic mass is 79.9. The summed E-state index contributed by atoms with van der Waals surface area (Å²) in [7, 11) is 1.41. The standard InChI is InChI=1S/C31H28Br2ClFN2O6/c1-4-9-36-27(39)15-7-6-14-16(22(15)29(36)41)11-18-28(40)37(13-5-8-20(35)19(34)10-13)30(42)31(18,2)23(14)17-12-21(43-3)26(38)25(33)24(17)32/h5-6,8,10,12,15-16,18,22-23,38H,4,7,9,11H2,1-3H3/t15-,16+,18-,22-,23+,31+/m0/s1. The summed E-state index contributed by atoms with van der Waals surface area (Å²) in [6.07, 6.45) is 3.09. The normalized spacial score (nSPS) is 29.9. The number of benzene rings is 2. The molecule has 2 aliphatic carbocycles. The quantitative estimate of drug-likeness (QED) is 0.283. The van der Waals surface area contributed by atoms with Crippen molar-refractivity contribution in [2.24, 2.45) is 29.1 Å². The molecule has 4 amide bonds. The molecule has 0 unspecified atom stereocenters. The van der Waals surface area contributed by atoms with Gasteiger partial charge in [0, 0.05) is 16.9 Å². The molecule has 2 aromatic carbocycles. The summed E-state index contributed by atoms with van der Waals surface area (Å²) in [5.74, 6) is -5.40. The number of halogens is 4. The van der Waals surface area contributed by atoms with Gasteiger partial charge in [0.05, 0.1) is 45.5 Å². The molecule has 6 rings (SSSR count). The highest BCUT2D eigenvalue weighted by molar-refractivity contribution is 9.13. The number of hydrogen-bond donors (Lipinski definition) is 1. The predicted molar refractivity (Wildman–Crippen MR) is 163 cm³/mol. The fourth-order valence-corrected chi connectivity index (χ4v) is 8.85. The van der Waals surface area contributed by atoms with Gasteiger partial charge in [0.15, 0.2) is 11.5 Å². The van der Waals surface area contributed by atoms with E-state index in [1.165, 1.54) is 24.1 Å². The van der Waals surface area contributed by atoms with Crippen LogP contribution < -0.4 is 9.64 Å². The lowest BCUT2D eigenvalue weighted by Crippen LogP contribution is -2.49. The van der Waals surface area contributed by atoms with Gasteiger partial charge in [-0.15, -0.1) is 0 Å². The van der Waals surface area contributed by atoms with Gasteiger partial charge in [-0.1, -0.05) is 30.2 Å². The summed E-state index contributed by atoms with van der Waals surface area (Å²) in [5.41, 5.74) is 0.173. The van der Waals surface area contributed by atoms with E-state index in [0.29, 0.717) is 33.9 Å². The number of aromatic hydroxyl groups is 1. The smallest absolute Gasteiger partial charge is 0.241 e. The summed E-state index contributed by atoms with van der Waals surface area (Å²) in [4.78, 5) is 58.3. The van der Waals surface area contributed by atoms with Crippen LogP contribution in [0.15, 0.2) is 44.9 Å². The molecular formula is C31H28Br2ClFN2O6. The number of ether oxygens (including phenoxy) is 1. The van der Waals surface area contributed by atoms with E-state index in [2.05, 4.69) is 31.9 Å². The molecule has 12 heteroatoms. The Kier molecular flexibility index (Phi) is 7.53. The first kappa shape index (κ1) is 30.3. The number of fused-ring (bicyclic) bond motifs is 4. The number of amides is 4. The van der Waals surface area contributed by atoms with Crippen LogP contribution in [0.3, 0.4) is 0 Å². The molecule has 8 nitrogen and oxygen atoms in total. The molecule has 226 valence electrons. The molecule has 0 bridgehead atoms. The maximum atomic E-state index is 14.5. The molecule has 4 aliphatic rings. The molecule has 0 radical (unpaired) electrons. The van der Waals surface area contributed by atoms with Crippen molar-refractivity contribution in [1.29, 1.82) is 0 Å². The number of imide groups is 2. The molecule has 6 atom stereocenters. The monoisotopic (exact) mass is 736 g/mol. The average molecular weight is 739 g/mol. The first-order chi connectivity index (χ1) is 20.4. The third-order valence-corrected chi connectivity index (χ3v) is 12.1. The maximum Gasteiger partial charge on any atom is 0.241 e. The van der Waals surface area contributed by atoms with Crippen molar-refractivity contribution in [2.75, 3.05) is 18.6 Å². The molecule has 2 heterocycles. The van der Waals surface area contributed by atoms with Crippen LogP contribution in [0.5, 0.6) is 11.5 Å². The molecule has 1 N–H and O–H groups in total. The second-order valence-corrected chi connectivity index (χ2v) is 13.7. The molecule has 0 spiro atoms. The molecular weight excluding hydrogens is 711 g/mol. The second-order valence-electron chi connectivity index (χ2n) is 11.7. The number of phenols is 1. The highest BCUT2D eigenvalue weighted by Crippen LogP contribution is 2.65. The van der Waals surface area contributed by atoms with Crippen LogP contribution in [0.1, 0.15) is 44.6 Å². The zero-order valence-electron chi connectivity index (χ0n) is 23.5. The summed E-state index contributed by atoms with van der Waals surface area (Å²) >= 11 is 13.1. The lowest BCUT2D eigenvalue weighted by Gasteiger charge is -2.49. The fourth-order valence-electron chi connectivity index (χ4n) is 7.72.